The van der Waals surface area contributed by atoms with E-state index < -0.39 is 12.1 Å². The van der Waals surface area contributed by atoms with Crippen LogP contribution in [0.3, 0.4) is 0 Å². The Labute approximate surface area is 117 Å². The Kier molecular flexibility index (Phi) is 5.35. The van der Waals surface area contributed by atoms with Crippen LogP contribution in [-0.2, 0) is 11.3 Å². The van der Waals surface area contributed by atoms with Crippen LogP contribution in [0.5, 0.6) is 0 Å². The molecule has 5 nitrogen and oxygen atoms in total. The average molecular weight is 284 g/mol. The van der Waals surface area contributed by atoms with Gasteiger partial charge in [-0.2, -0.15) is 0 Å². The molecule has 0 radical (unpaired) electrons. The maximum Gasteiger partial charge on any atom is 0.239 e. The summed E-state index contributed by atoms with van der Waals surface area (Å²) in [7, 11) is 0. The van der Waals surface area contributed by atoms with Crippen molar-refractivity contribution >= 4 is 29.2 Å². The summed E-state index contributed by atoms with van der Waals surface area (Å²) in [5.41, 5.74) is 7.46. The van der Waals surface area contributed by atoms with Gasteiger partial charge in [0.1, 0.15) is 6.04 Å². The zero-order valence-electron chi connectivity index (χ0n) is 10.6. The molecule has 0 saturated carbocycles. The molecule has 0 unspecified atom stereocenters. The minimum atomic E-state index is -0.894. The van der Waals surface area contributed by atoms with E-state index in [1.807, 2.05) is 30.3 Å². The number of fused-ring (bicyclic) bond motifs is 1. The molecule has 0 aliphatic rings. The first-order chi connectivity index (χ1) is 8.58. The van der Waals surface area contributed by atoms with Crippen LogP contribution in [-0.4, -0.2) is 28.1 Å². The molecule has 1 heterocycles. The van der Waals surface area contributed by atoms with Crippen LogP contribution >= 0.6 is 12.4 Å². The molecule has 0 saturated heterocycles. The molecule has 0 aliphatic carbocycles. The lowest BCUT2D eigenvalue weighted by atomic mass is 10.2. The van der Waals surface area contributed by atoms with Gasteiger partial charge in [0.25, 0.3) is 0 Å². The summed E-state index contributed by atoms with van der Waals surface area (Å²) >= 11 is 0. The van der Waals surface area contributed by atoms with Crippen molar-refractivity contribution in [3.8, 4) is 0 Å². The Morgan fingerprint density at radius 1 is 1.47 bits per heavy atom. The highest BCUT2D eigenvalue weighted by atomic mass is 35.5. The fourth-order valence-electron chi connectivity index (χ4n) is 1.75. The lowest BCUT2D eigenvalue weighted by molar-refractivity contribution is -0.124. The van der Waals surface area contributed by atoms with Gasteiger partial charge in [0.15, 0.2) is 0 Å². The summed E-state index contributed by atoms with van der Waals surface area (Å²) in [4.78, 5) is 14.8. The highest BCUT2D eigenvalue weighted by Crippen LogP contribution is 2.14. The fraction of sp³-hybridized carbons (Fsp3) is 0.308. The number of hydrogen-bond acceptors (Lipinski definition) is 3. The first-order valence-corrected chi connectivity index (χ1v) is 5.86. The van der Waals surface area contributed by atoms with Crippen LogP contribution < -0.4 is 11.1 Å². The van der Waals surface area contributed by atoms with Crippen LogP contribution in [0, 0.1) is 0 Å². The topological polar surface area (TPSA) is 91.1 Å². The largest absolute Gasteiger partial charge is 0.391 e. The van der Waals surface area contributed by atoms with Crippen molar-refractivity contribution in [1.82, 2.24) is 10.3 Å². The van der Waals surface area contributed by atoms with Crippen LogP contribution in [0.2, 0.25) is 0 Å². The Morgan fingerprint density at radius 3 is 2.79 bits per heavy atom. The van der Waals surface area contributed by atoms with Gasteiger partial charge in [-0.25, -0.2) is 0 Å². The first-order valence-electron chi connectivity index (χ1n) is 5.86. The molecule has 6 heteroatoms. The van der Waals surface area contributed by atoms with Crippen molar-refractivity contribution in [2.24, 2.45) is 5.73 Å². The Balaban J connectivity index is 0.00000180. The third kappa shape index (κ3) is 3.70. The molecule has 0 bridgehead atoms. The second-order valence-electron chi connectivity index (χ2n) is 4.37. The predicted molar refractivity (Wildman–Crippen MR) is 77.0 cm³/mol. The molecule has 0 aliphatic heterocycles. The zero-order valence-corrected chi connectivity index (χ0v) is 11.4. The summed E-state index contributed by atoms with van der Waals surface area (Å²) < 4.78 is 0. The molecule has 5 N–H and O–H groups in total. The van der Waals surface area contributed by atoms with E-state index >= 15 is 0 Å². The van der Waals surface area contributed by atoms with Crippen molar-refractivity contribution in [3.05, 3.63) is 36.0 Å². The molecule has 2 aromatic rings. The van der Waals surface area contributed by atoms with Gasteiger partial charge < -0.3 is 21.1 Å². The molecule has 2 rings (SSSR count). The molecule has 1 aromatic heterocycles. The number of nitrogens with two attached hydrogens (primary N) is 1. The number of carbonyl (C=O) groups is 1. The van der Waals surface area contributed by atoms with Crippen molar-refractivity contribution in [2.45, 2.75) is 25.6 Å². The molecule has 19 heavy (non-hydrogen) atoms. The van der Waals surface area contributed by atoms with E-state index in [0.717, 1.165) is 16.6 Å². The normalized spacial score (nSPS) is 13.6. The van der Waals surface area contributed by atoms with E-state index in [-0.39, 0.29) is 18.3 Å². The van der Waals surface area contributed by atoms with Gasteiger partial charge in [-0.1, -0.05) is 18.2 Å². The number of para-hydroxylation sites is 1. The van der Waals surface area contributed by atoms with E-state index in [1.54, 1.807) is 0 Å². The minimum absolute atomic E-state index is 0. The number of aliphatic hydroxyl groups is 1. The number of H-pyrrole nitrogens is 1. The van der Waals surface area contributed by atoms with Gasteiger partial charge in [-0.3, -0.25) is 4.79 Å². The van der Waals surface area contributed by atoms with E-state index in [2.05, 4.69) is 10.3 Å². The van der Waals surface area contributed by atoms with Crippen molar-refractivity contribution in [3.63, 3.8) is 0 Å². The number of nitrogens with one attached hydrogen (secondary N) is 2. The number of aliphatic hydroxyl groups excluding tert-OH is 1. The van der Waals surface area contributed by atoms with Crippen LogP contribution in [0.25, 0.3) is 10.9 Å². The van der Waals surface area contributed by atoms with Crippen molar-refractivity contribution < 1.29 is 9.90 Å². The third-order valence-corrected chi connectivity index (χ3v) is 2.86. The summed E-state index contributed by atoms with van der Waals surface area (Å²) in [6.45, 7) is 1.86. The lowest BCUT2D eigenvalue weighted by Crippen LogP contribution is -2.46. The smallest absolute Gasteiger partial charge is 0.239 e. The summed E-state index contributed by atoms with van der Waals surface area (Å²) in [5.74, 6) is -0.358. The van der Waals surface area contributed by atoms with E-state index in [0.29, 0.717) is 6.54 Å². The standard InChI is InChI=1S/C13H17N3O2.ClH/c1-8(17)12(14)13(18)15-7-10-6-9-4-2-3-5-11(9)16-10;/h2-6,8,12,16-17H,7,14H2,1H3,(H,15,18);1H/t8-,12+;/m0./s1. The molecule has 1 amide bonds. The van der Waals surface area contributed by atoms with Crippen molar-refractivity contribution in [1.29, 1.82) is 0 Å². The van der Waals surface area contributed by atoms with Crippen LogP contribution in [0.15, 0.2) is 30.3 Å². The number of rotatable bonds is 4. The van der Waals surface area contributed by atoms with E-state index in [9.17, 15) is 9.90 Å². The minimum Gasteiger partial charge on any atom is -0.391 e. The van der Waals surface area contributed by atoms with Gasteiger partial charge >= 0.3 is 0 Å². The predicted octanol–water partition coefficient (Wildman–Crippen LogP) is 0.914. The van der Waals surface area contributed by atoms with Gasteiger partial charge in [0.2, 0.25) is 5.91 Å². The van der Waals surface area contributed by atoms with Crippen LogP contribution in [0.4, 0.5) is 0 Å². The SMILES string of the molecule is C[C@H](O)[C@@H](N)C(=O)NCc1cc2ccccc2[nH]1.Cl. The maximum atomic E-state index is 11.6. The quantitative estimate of drug-likeness (QED) is 0.672. The first kappa shape index (κ1) is 15.5. The number of amides is 1. The fourth-order valence-corrected chi connectivity index (χ4v) is 1.75. The van der Waals surface area contributed by atoms with E-state index in [4.69, 9.17) is 5.73 Å². The highest BCUT2D eigenvalue weighted by Gasteiger charge is 2.18. The molecular formula is C13H18ClN3O2. The van der Waals surface area contributed by atoms with Crippen molar-refractivity contribution in [2.75, 3.05) is 0 Å². The molecule has 104 valence electrons. The number of benzene rings is 1. The summed E-state index contributed by atoms with van der Waals surface area (Å²) in [5, 5.41) is 13.0. The Hall–Kier alpha value is -1.56. The van der Waals surface area contributed by atoms with E-state index in [1.165, 1.54) is 6.92 Å². The molecule has 0 fully saturated rings. The zero-order chi connectivity index (χ0) is 13.1. The molecule has 1 aromatic carbocycles. The number of hydrogen-bond donors (Lipinski definition) is 4. The Morgan fingerprint density at radius 2 is 2.16 bits per heavy atom. The molecular weight excluding hydrogens is 266 g/mol. The van der Waals surface area contributed by atoms with Crippen LogP contribution in [0.1, 0.15) is 12.6 Å². The monoisotopic (exact) mass is 283 g/mol. The summed E-state index contributed by atoms with van der Waals surface area (Å²) in [6.07, 6.45) is -0.854. The number of halogens is 1. The molecule has 0 spiro atoms. The lowest BCUT2D eigenvalue weighted by Gasteiger charge is -2.13. The van der Waals surface area contributed by atoms with Gasteiger partial charge in [-0.05, 0) is 24.4 Å². The second-order valence-corrected chi connectivity index (χ2v) is 4.37. The molecule has 2 atom stereocenters. The average Bonchev–Trinajstić information content (AvgIpc) is 2.77. The van der Waals surface area contributed by atoms with Gasteiger partial charge in [0, 0.05) is 11.2 Å². The number of aromatic amines is 1. The van der Waals surface area contributed by atoms with Gasteiger partial charge in [-0.15, -0.1) is 12.4 Å². The summed E-state index contributed by atoms with van der Waals surface area (Å²) in [6, 6.07) is 8.96. The number of aromatic nitrogens is 1. The highest BCUT2D eigenvalue weighted by molar-refractivity contribution is 5.85. The third-order valence-electron chi connectivity index (χ3n) is 2.86. The maximum absolute atomic E-state index is 11.6. The number of carbonyl (C=O) groups excluding carboxylic acids is 1. The van der Waals surface area contributed by atoms with Gasteiger partial charge in [0.05, 0.1) is 12.6 Å². The Bertz CT molecular complexity index is 521. The second kappa shape index (κ2) is 6.56.